The van der Waals surface area contributed by atoms with Crippen molar-refractivity contribution in [2.24, 2.45) is 0 Å². The third kappa shape index (κ3) is 0.971. The van der Waals surface area contributed by atoms with Crippen molar-refractivity contribution >= 4 is 11.0 Å². The Kier molecular flexibility index (Phi) is 1.40. The number of hydrogen-bond acceptors (Lipinski definition) is 2. The van der Waals surface area contributed by atoms with Gasteiger partial charge in [-0.1, -0.05) is 6.07 Å². The number of hydrogen-bond donors (Lipinski definition) is 2. The molecule has 1 aromatic heterocycles. The molecule has 1 aromatic carbocycles. The van der Waals surface area contributed by atoms with Crippen LogP contribution in [0.2, 0.25) is 0 Å². The van der Waals surface area contributed by atoms with E-state index < -0.39 is 0 Å². The van der Waals surface area contributed by atoms with Gasteiger partial charge in [-0.3, -0.25) is 0 Å². The molecule has 0 atom stereocenters. The van der Waals surface area contributed by atoms with E-state index in [1.807, 2.05) is 0 Å². The Labute approximate surface area is 76.2 Å². The molecular formula is C10H11N3. The molecule has 0 spiro atoms. The molecule has 3 nitrogen and oxygen atoms in total. The van der Waals surface area contributed by atoms with Crippen LogP contribution >= 0.6 is 0 Å². The van der Waals surface area contributed by atoms with Crippen LogP contribution in [0.5, 0.6) is 0 Å². The molecule has 1 aliphatic rings. The molecule has 66 valence electrons. The Morgan fingerprint density at radius 1 is 1.31 bits per heavy atom. The monoisotopic (exact) mass is 173 g/mol. The highest BCUT2D eigenvalue weighted by Crippen LogP contribution is 2.21. The lowest BCUT2D eigenvalue weighted by molar-refractivity contribution is 0.646. The molecule has 13 heavy (non-hydrogen) atoms. The van der Waals surface area contributed by atoms with Crippen molar-refractivity contribution in [2.75, 3.05) is 6.54 Å². The molecule has 0 amide bonds. The zero-order valence-corrected chi connectivity index (χ0v) is 7.30. The van der Waals surface area contributed by atoms with E-state index in [2.05, 4.69) is 27.4 Å². The second-order valence-electron chi connectivity index (χ2n) is 3.43. The highest BCUT2D eigenvalue weighted by atomic mass is 14.9. The maximum Gasteiger partial charge on any atom is 0.0931 e. The van der Waals surface area contributed by atoms with Gasteiger partial charge in [-0.05, 0) is 30.2 Å². The number of H-pyrrole nitrogens is 1. The van der Waals surface area contributed by atoms with Gasteiger partial charge in [-0.15, -0.1) is 0 Å². The van der Waals surface area contributed by atoms with Crippen LogP contribution in [0.25, 0.3) is 11.0 Å². The van der Waals surface area contributed by atoms with Gasteiger partial charge in [0.15, 0.2) is 0 Å². The Morgan fingerprint density at radius 3 is 3.31 bits per heavy atom. The minimum Gasteiger partial charge on any atom is -0.344 e. The summed E-state index contributed by atoms with van der Waals surface area (Å²) in [6.45, 7) is 2.06. The fraction of sp³-hybridized carbons (Fsp3) is 0.300. The van der Waals surface area contributed by atoms with Gasteiger partial charge in [0.2, 0.25) is 0 Å². The van der Waals surface area contributed by atoms with E-state index >= 15 is 0 Å². The van der Waals surface area contributed by atoms with Crippen molar-refractivity contribution in [3.05, 3.63) is 29.6 Å². The minimum atomic E-state index is 0.990. The van der Waals surface area contributed by atoms with Gasteiger partial charge >= 0.3 is 0 Å². The minimum absolute atomic E-state index is 0.990. The van der Waals surface area contributed by atoms with Crippen molar-refractivity contribution in [3.63, 3.8) is 0 Å². The predicted octanol–water partition coefficient (Wildman–Crippen LogP) is 1.21. The van der Waals surface area contributed by atoms with E-state index in [0.717, 1.165) is 25.0 Å². The highest BCUT2D eigenvalue weighted by molar-refractivity contribution is 5.79. The Morgan fingerprint density at radius 2 is 2.31 bits per heavy atom. The van der Waals surface area contributed by atoms with E-state index in [1.54, 1.807) is 6.33 Å². The second-order valence-corrected chi connectivity index (χ2v) is 3.43. The van der Waals surface area contributed by atoms with Crippen LogP contribution < -0.4 is 5.32 Å². The normalized spacial score (nSPS) is 16.0. The maximum absolute atomic E-state index is 4.25. The first kappa shape index (κ1) is 7.09. The number of nitrogens with one attached hydrogen (secondary N) is 2. The van der Waals surface area contributed by atoms with Gasteiger partial charge in [-0.2, -0.15) is 0 Å². The van der Waals surface area contributed by atoms with Gasteiger partial charge in [0.1, 0.15) is 0 Å². The number of aromatic nitrogens is 2. The molecule has 3 rings (SSSR count). The summed E-state index contributed by atoms with van der Waals surface area (Å²) in [6.07, 6.45) is 2.88. The van der Waals surface area contributed by atoms with Crippen LogP contribution in [-0.2, 0) is 13.0 Å². The molecule has 0 bridgehead atoms. The zero-order valence-electron chi connectivity index (χ0n) is 7.30. The van der Waals surface area contributed by atoms with Crippen molar-refractivity contribution < 1.29 is 0 Å². The van der Waals surface area contributed by atoms with Crippen LogP contribution in [-0.4, -0.2) is 16.5 Å². The van der Waals surface area contributed by atoms with Crippen LogP contribution in [0, 0.1) is 0 Å². The molecule has 0 saturated heterocycles. The largest absolute Gasteiger partial charge is 0.344 e. The second kappa shape index (κ2) is 2.57. The molecule has 2 aromatic rings. The molecule has 3 heteroatoms. The zero-order chi connectivity index (χ0) is 8.67. The van der Waals surface area contributed by atoms with Gasteiger partial charge in [0.25, 0.3) is 0 Å². The van der Waals surface area contributed by atoms with Crippen LogP contribution in [0.4, 0.5) is 0 Å². The molecule has 2 N–H and O–H groups in total. The molecule has 0 fully saturated rings. The Bertz CT molecular complexity index is 444. The van der Waals surface area contributed by atoms with Crippen molar-refractivity contribution in [1.82, 2.24) is 15.3 Å². The van der Waals surface area contributed by atoms with Crippen molar-refractivity contribution in [3.8, 4) is 0 Å². The molecule has 2 heterocycles. The average molecular weight is 173 g/mol. The SMILES string of the molecule is c1nc2ccc3c(c2[nH]1)CCNC3. The van der Waals surface area contributed by atoms with Gasteiger partial charge in [-0.25, -0.2) is 4.98 Å². The van der Waals surface area contributed by atoms with Gasteiger partial charge in [0, 0.05) is 6.54 Å². The lowest BCUT2D eigenvalue weighted by atomic mass is 10.00. The topological polar surface area (TPSA) is 40.7 Å². The van der Waals surface area contributed by atoms with Crippen LogP contribution in [0.3, 0.4) is 0 Å². The lowest BCUT2D eigenvalue weighted by Gasteiger charge is -2.16. The van der Waals surface area contributed by atoms with E-state index in [1.165, 1.54) is 16.6 Å². The molecule has 0 radical (unpaired) electrons. The first-order valence-electron chi connectivity index (χ1n) is 4.60. The predicted molar refractivity (Wildman–Crippen MR) is 51.5 cm³/mol. The van der Waals surface area contributed by atoms with E-state index in [0.29, 0.717) is 0 Å². The molecule has 0 aliphatic carbocycles. The summed E-state index contributed by atoms with van der Waals surface area (Å²) in [6, 6.07) is 4.25. The number of benzene rings is 1. The quantitative estimate of drug-likeness (QED) is 0.628. The van der Waals surface area contributed by atoms with Gasteiger partial charge in [0.05, 0.1) is 17.4 Å². The highest BCUT2D eigenvalue weighted by Gasteiger charge is 2.12. The number of rotatable bonds is 0. The Balaban J connectivity index is 2.34. The van der Waals surface area contributed by atoms with E-state index in [-0.39, 0.29) is 0 Å². The first-order chi connectivity index (χ1) is 6.45. The molecule has 0 saturated carbocycles. The van der Waals surface area contributed by atoms with Crippen LogP contribution in [0.15, 0.2) is 18.5 Å². The third-order valence-corrected chi connectivity index (χ3v) is 2.67. The standard InChI is InChI=1S/C10H11N3/c1-2-9-10(13-6-12-9)8-3-4-11-5-7(1)8/h1-2,6,11H,3-5H2,(H,12,13). The first-order valence-corrected chi connectivity index (χ1v) is 4.60. The summed E-state index contributed by atoms with van der Waals surface area (Å²) in [5.41, 5.74) is 5.15. The smallest absolute Gasteiger partial charge is 0.0931 e. The fourth-order valence-corrected chi connectivity index (χ4v) is 2.00. The van der Waals surface area contributed by atoms with Crippen molar-refractivity contribution in [2.45, 2.75) is 13.0 Å². The molecule has 1 aliphatic heterocycles. The van der Waals surface area contributed by atoms with Crippen molar-refractivity contribution in [1.29, 1.82) is 0 Å². The summed E-state index contributed by atoms with van der Waals surface area (Å²) in [5, 5.41) is 3.36. The third-order valence-electron chi connectivity index (χ3n) is 2.67. The number of imidazole rings is 1. The Hall–Kier alpha value is -1.35. The number of nitrogens with zero attached hydrogens (tertiary/aromatic N) is 1. The summed E-state index contributed by atoms with van der Waals surface area (Å²) in [4.78, 5) is 7.46. The molecule has 0 unspecified atom stereocenters. The summed E-state index contributed by atoms with van der Waals surface area (Å²) >= 11 is 0. The van der Waals surface area contributed by atoms with E-state index in [4.69, 9.17) is 0 Å². The average Bonchev–Trinajstić information content (AvgIpc) is 2.65. The summed E-state index contributed by atoms with van der Waals surface area (Å²) in [7, 11) is 0. The van der Waals surface area contributed by atoms with E-state index in [9.17, 15) is 0 Å². The lowest BCUT2D eigenvalue weighted by Crippen LogP contribution is -2.23. The van der Waals surface area contributed by atoms with Gasteiger partial charge < -0.3 is 10.3 Å². The summed E-state index contributed by atoms with van der Waals surface area (Å²) < 4.78 is 0. The maximum atomic E-state index is 4.25. The molecular weight excluding hydrogens is 162 g/mol. The number of fused-ring (bicyclic) bond motifs is 3. The summed E-state index contributed by atoms with van der Waals surface area (Å²) in [5.74, 6) is 0. The fourth-order valence-electron chi connectivity index (χ4n) is 2.00. The number of aromatic amines is 1. The van der Waals surface area contributed by atoms with Crippen LogP contribution in [0.1, 0.15) is 11.1 Å².